The van der Waals surface area contributed by atoms with Gasteiger partial charge in [-0.15, -0.1) is 0 Å². The Bertz CT molecular complexity index is 1340. The lowest BCUT2D eigenvalue weighted by Crippen LogP contribution is -2.38. The van der Waals surface area contributed by atoms with Crippen LogP contribution >= 0.6 is 0 Å². The standard InChI is InChI=1S/C24H25N7O3/c1-16-19(22(33)29-24(26-16)30-11-13-34-14-12-30)7-8-21(32)27-18-5-3-17(4-6-18)20-15-31-10-2-9-25-23(31)28-20/h2-6,9-10,15H,7-8,11-14H2,1H3,(H,27,32)(H,26,29,33). The molecule has 0 atom stereocenters. The molecule has 174 valence electrons. The lowest BCUT2D eigenvalue weighted by atomic mass is 10.1. The van der Waals surface area contributed by atoms with Crippen molar-refractivity contribution < 1.29 is 9.53 Å². The quantitative estimate of drug-likeness (QED) is 0.454. The Balaban J connectivity index is 1.20. The molecular formula is C24H25N7O3. The molecule has 10 nitrogen and oxygen atoms in total. The Morgan fingerprint density at radius 1 is 1.18 bits per heavy atom. The highest BCUT2D eigenvalue weighted by molar-refractivity contribution is 5.91. The number of nitrogens with zero attached hydrogens (tertiary/aromatic N) is 5. The highest BCUT2D eigenvalue weighted by Crippen LogP contribution is 2.21. The van der Waals surface area contributed by atoms with Crippen LogP contribution in [0.25, 0.3) is 17.0 Å². The van der Waals surface area contributed by atoms with Crippen LogP contribution in [0.2, 0.25) is 0 Å². The second-order valence-corrected chi connectivity index (χ2v) is 8.13. The van der Waals surface area contributed by atoms with Gasteiger partial charge >= 0.3 is 0 Å². The zero-order chi connectivity index (χ0) is 23.5. The number of ether oxygens (including phenoxy) is 1. The number of nitrogens with one attached hydrogen (secondary N) is 2. The fourth-order valence-corrected chi connectivity index (χ4v) is 3.97. The number of fused-ring (bicyclic) bond motifs is 1. The van der Waals surface area contributed by atoms with Crippen molar-refractivity contribution in [3.05, 3.63) is 70.5 Å². The summed E-state index contributed by atoms with van der Waals surface area (Å²) in [6.45, 7) is 4.41. The van der Waals surface area contributed by atoms with E-state index >= 15 is 0 Å². The maximum Gasteiger partial charge on any atom is 0.255 e. The van der Waals surface area contributed by atoms with Crippen molar-refractivity contribution in [1.82, 2.24) is 24.3 Å². The van der Waals surface area contributed by atoms with E-state index in [4.69, 9.17) is 4.74 Å². The molecule has 2 N–H and O–H groups in total. The SMILES string of the molecule is Cc1nc(N2CCOCC2)[nH]c(=O)c1CCC(=O)Nc1ccc(-c2cn3cccnc3n2)cc1. The predicted octanol–water partition coefficient (Wildman–Crippen LogP) is 2.20. The molecule has 1 aromatic carbocycles. The predicted molar refractivity (Wildman–Crippen MR) is 128 cm³/mol. The van der Waals surface area contributed by atoms with E-state index in [1.54, 1.807) is 13.1 Å². The molecule has 0 radical (unpaired) electrons. The first-order chi connectivity index (χ1) is 16.6. The molecule has 10 heteroatoms. The largest absolute Gasteiger partial charge is 0.378 e. The lowest BCUT2D eigenvalue weighted by Gasteiger charge is -2.27. The smallest absolute Gasteiger partial charge is 0.255 e. The monoisotopic (exact) mass is 459 g/mol. The molecule has 1 amide bonds. The van der Waals surface area contributed by atoms with Gasteiger partial charge in [0.15, 0.2) is 0 Å². The average Bonchev–Trinajstić information content (AvgIpc) is 3.29. The third-order valence-electron chi connectivity index (χ3n) is 5.82. The summed E-state index contributed by atoms with van der Waals surface area (Å²) in [5, 5.41) is 2.89. The van der Waals surface area contributed by atoms with Gasteiger partial charge < -0.3 is 15.0 Å². The zero-order valence-corrected chi connectivity index (χ0v) is 18.8. The second kappa shape index (κ2) is 9.44. The fourth-order valence-electron chi connectivity index (χ4n) is 3.97. The summed E-state index contributed by atoms with van der Waals surface area (Å²) in [4.78, 5) is 43.3. The van der Waals surface area contributed by atoms with Crippen molar-refractivity contribution in [3.8, 4) is 11.3 Å². The Morgan fingerprint density at radius 2 is 1.97 bits per heavy atom. The van der Waals surface area contributed by atoms with Gasteiger partial charge in [0, 0.05) is 60.6 Å². The lowest BCUT2D eigenvalue weighted by molar-refractivity contribution is -0.116. The van der Waals surface area contributed by atoms with Gasteiger partial charge in [0.2, 0.25) is 17.6 Å². The molecule has 0 spiro atoms. The molecule has 0 aliphatic carbocycles. The molecule has 1 fully saturated rings. The fraction of sp³-hybridized carbons (Fsp3) is 0.292. The number of hydrogen-bond acceptors (Lipinski definition) is 7. The molecule has 0 saturated carbocycles. The molecular weight excluding hydrogens is 434 g/mol. The summed E-state index contributed by atoms with van der Waals surface area (Å²) < 4.78 is 7.21. The number of rotatable bonds is 6. The second-order valence-electron chi connectivity index (χ2n) is 8.13. The van der Waals surface area contributed by atoms with Gasteiger partial charge in [0.05, 0.1) is 18.9 Å². The zero-order valence-electron chi connectivity index (χ0n) is 18.8. The number of aromatic amines is 1. The summed E-state index contributed by atoms with van der Waals surface area (Å²) >= 11 is 0. The van der Waals surface area contributed by atoms with Gasteiger partial charge in [-0.3, -0.25) is 19.0 Å². The Hall–Kier alpha value is -4.05. The van der Waals surface area contributed by atoms with E-state index in [2.05, 4.69) is 25.3 Å². The van der Waals surface area contributed by atoms with Crippen LogP contribution in [0.15, 0.2) is 53.7 Å². The normalized spacial score (nSPS) is 13.9. The third kappa shape index (κ3) is 4.67. The molecule has 1 aliphatic heterocycles. The summed E-state index contributed by atoms with van der Waals surface area (Å²) in [5.41, 5.74) is 3.39. The number of imidazole rings is 1. The van der Waals surface area contributed by atoms with Crippen LogP contribution in [0.3, 0.4) is 0 Å². The van der Waals surface area contributed by atoms with E-state index in [0.29, 0.717) is 61.4 Å². The summed E-state index contributed by atoms with van der Waals surface area (Å²) in [7, 11) is 0. The maximum absolute atomic E-state index is 12.6. The molecule has 34 heavy (non-hydrogen) atoms. The van der Waals surface area contributed by atoms with Crippen LogP contribution in [0.4, 0.5) is 11.6 Å². The van der Waals surface area contributed by atoms with Crippen LogP contribution in [-0.2, 0) is 16.0 Å². The summed E-state index contributed by atoms with van der Waals surface area (Å²) in [6, 6.07) is 9.32. The number of amides is 1. The first-order valence-electron chi connectivity index (χ1n) is 11.2. The highest BCUT2D eigenvalue weighted by atomic mass is 16.5. The summed E-state index contributed by atoms with van der Waals surface area (Å²) in [5.74, 6) is 1.02. The number of carbonyl (C=O) groups is 1. The Labute approximate surface area is 195 Å². The van der Waals surface area contributed by atoms with Crippen molar-refractivity contribution >= 4 is 23.3 Å². The summed E-state index contributed by atoms with van der Waals surface area (Å²) in [6.07, 6.45) is 6.01. The van der Waals surface area contributed by atoms with Crippen LogP contribution in [0.1, 0.15) is 17.7 Å². The molecule has 4 aromatic rings. The van der Waals surface area contributed by atoms with Crippen molar-refractivity contribution in [3.63, 3.8) is 0 Å². The van der Waals surface area contributed by atoms with Crippen molar-refractivity contribution in [2.24, 2.45) is 0 Å². The van der Waals surface area contributed by atoms with E-state index in [1.807, 2.05) is 52.0 Å². The number of benzene rings is 1. The van der Waals surface area contributed by atoms with Crippen molar-refractivity contribution in [2.75, 3.05) is 36.5 Å². The first-order valence-corrected chi connectivity index (χ1v) is 11.2. The Kier molecular flexibility index (Phi) is 6.05. The Morgan fingerprint density at radius 3 is 2.71 bits per heavy atom. The topological polar surface area (TPSA) is 118 Å². The van der Waals surface area contributed by atoms with E-state index in [1.165, 1.54) is 0 Å². The minimum atomic E-state index is -0.201. The minimum Gasteiger partial charge on any atom is -0.378 e. The molecule has 1 aliphatic rings. The number of aryl methyl sites for hydroxylation is 1. The van der Waals surface area contributed by atoms with Gasteiger partial charge in [-0.2, -0.15) is 0 Å². The van der Waals surface area contributed by atoms with E-state index in [0.717, 1.165) is 11.3 Å². The average molecular weight is 460 g/mol. The number of morpholine rings is 1. The number of hydrogen-bond donors (Lipinski definition) is 2. The van der Waals surface area contributed by atoms with Gasteiger partial charge in [0.1, 0.15) is 0 Å². The maximum atomic E-state index is 12.6. The first kappa shape index (κ1) is 21.8. The van der Waals surface area contributed by atoms with Crippen LogP contribution < -0.4 is 15.8 Å². The third-order valence-corrected chi connectivity index (χ3v) is 5.82. The molecule has 0 bridgehead atoms. The molecule has 5 rings (SSSR count). The van der Waals surface area contributed by atoms with Gasteiger partial charge in [-0.05, 0) is 31.5 Å². The molecule has 4 heterocycles. The minimum absolute atomic E-state index is 0.166. The van der Waals surface area contributed by atoms with Crippen LogP contribution in [0, 0.1) is 6.92 Å². The number of H-pyrrole nitrogens is 1. The van der Waals surface area contributed by atoms with Gasteiger partial charge in [-0.1, -0.05) is 12.1 Å². The molecule has 1 saturated heterocycles. The molecule has 3 aromatic heterocycles. The van der Waals surface area contributed by atoms with E-state index in [9.17, 15) is 9.59 Å². The van der Waals surface area contributed by atoms with Gasteiger partial charge in [0.25, 0.3) is 5.56 Å². The number of anilines is 2. The number of aromatic nitrogens is 5. The number of carbonyl (C=O) groups excluding carboxylic acids is 1. The van der Waals surface area contributed by atoms with E-state index < -0.39 is 0 Å². The van der Waals surface area contributed by atoms with Crippen LogP contribution in [0.5, 0.6) is 0 Å². The van der Waals surface area contributed by atoms with Crippen molar-refractivity contribution in [1.29, 1.82) is 0 Å². The van der Waals surface area contributed by atoms with Crippen LogP contribution in [-0.4, -0.2) is 56.5 Å². The highest BCUT2D eigenvalue weighted by Gasteiger charge is 2.17. The van der Waals surface area contributed by atoms with E-state index in [-0.39, 0.29) is 17.9 Å². The van der Waals surface area contributed by atoms with Crippen molar-refractivity contribution in [2.45, 2.75) is 19.8 Å². The van der Waals surface area contributed by atoms with Gasteiger partial charge in [-0.25, -0.2) is 15.0 Å². The molecule has 0 unspecified atom stereocenters.